The average Bonchev–Trinajstić information content (AvgIpc) is 2.44. The number of likely N-dealkylation sites (N-methyl/N-ethyl adjacent to an activating group) is 1. The normalized spacial score (nSPS) is 11.8. The second kappa shape index (κ2) is 6.66. The minimum Gasteiger partial charge on any atom is -0.363 e. The van der Waals surface area contributed by atoms with Crippen molar-refractivity contribution in [1.29, 1.82) is 0 Å². The predicted molar refractivity (Wildman–Crippen MR) is 81.8 cm³/mol. The summed E-state index contributed by atoms with van der Waals surface area (Å²) in [6.07, 6.45) is -0.0380. The molecule has 0 radical (unpaired) electrons. The highest BCUT2D eigenvalue weighted by Gasteiger charge is 2.16. The topological polar surface area (TPSA) is 35.2 Å². The largest absolute Gasteiger partial charge is 0.363 e. The SMILES string of the molecule is C[N+](C)(N)CCOC(c1ccccc1)c1ccccc1. The van der Waals surface area contributed by atoms with E-state index in [1.807, 2.05) is 50.5 Å². The zero-order valence-electron chi connectivity index (χ0n) is 12.2. The molecule has 0 fully saturated rings. The number of ether oxygens (including phenoxy) is 1. The van der Waals surface area contributed by atoms with Crippen LogP contribution in [0.1, 0.15) is 17.2 Å². The van der Waals surface area contributed by atoms with Gasteiger partial charge < -0.3 is 4.74 Å². The molecule has 0 aliphatic carbocycles. The van der Waals surface area contributed by atoms with Gasteiger partial charge in [0.25, 0.3) is 0 Å². The molecule has 2 aromatic rings. The molecule has 106 valence electrons. The molecule has 0 aliphatic rings. The van der Waals surface area contributed by atoms with Gasteiger partial charge in [0.15, 0.2) is 0 Å². The van der Waals surface area contributed by atoms with Crippen molar-refractivity contribution in [2.45, 2.75) is 6.10 Å². The molecule has 2 aromatic carbocycles. The van der Waals surface area contributed by atoms with E-state index in [0.29, 0.717) is 11.2 Å². The molecule has 0 bridgehead atoms. The first-order chi connectivity index (χ1) is 9.56. The molecule has 3 heteroatoms. The molecule has 0 amide bonds. The molecule has 0 spiro atoms. The van der Waals surface area contributed by atoms with Gasteiger partial charge in [-0.05, 0) is 11.1 Å². The third kappa shape index (κ3) is 4.46. The Balaban J connectivity index is 2.13. The van der Waals surface area contributed by atoms with E-state index in [1.165, 1.54) is 11.1 Å². The van der Waals surface area contributed by atoms with Crippen LogP contribution in [-0.2, 0) is 4.74 Å². The third-order valence-electron chi connectivity index (χ3n) is 3.16. The molecule has 3 nitrogen and oxygen atoms in total. The van der Waals surface area contributed by atoms with Gasteiger partial charge in [-0.25, -0.2) is 0 Å². The van der Waals surface area contributed by atoms with E-state index in [4.69, 9.17) is 10.6 Å². The lowest BCUT2D eigenvalue weighted by Gasteiger charge is -2.24. The van der Waals surface area contributed by atoms with Gasteiger partial charge >= 0.3 is 0 Å². The minimum absolute atomic E-state index is 0.0380. The molecular weight excluding hydrogens is 248 g/mol. The molecule has 2 N–H and O–H groups in total. The summed E-state index contributed by atoms with van der Waals surface area (Å²) in [5, 5.41) is 0. The van der Waals surface area contributed by atoms with E-state index in [0.717, 1.165) is 6.54 Å². The first-order valence-corrected chi connectivity index (χ1v) is 6.89. The Morgan fingerprint density at radius 2 is 1.35 bits per heavy atom. The third-order valence-corrected chi connectivity index (χ3v) is 3.16. The van der Waals surface area contributed by atoms with Crippen molar-refractivity contribution in [1.82, 2.24) is 0 Å². The van der Waals surface area contributed by atoms with Crippen LogP contribution in [0.3, 0.4) is 0 Å². The standard InChI is InChI=1S/C17H23N2O/c1-19(2,18)13-14-20-17(15-9-5-3-6-10-15)16-11-7-4-8-12-16/h3-12,17H,13-14,18H2,1-2H3/q+1. The van der Waals surface area contributed by atoms with Crippen LogP contribution in [0.2, 0.25) is 0 Å². The fraction of sp³-hybridized carbons (Fsp3) is 0.294. The van der Waals surface area contributed by atoms with Gasteiger partial charge in [-0.2, -0.15) is 5.84 Å². The quantitative estimate of drug-likeness (QED) is 0.498. The number of benzene rings is 2. The maximum Gasteiger partial charge on any atom is 0.119 e. The fourth-order valence-corrected chi connectivity index (χ4v) is 2.05. The number of nitrogens with two attached hydrogens (primary N) is 1. The average molecular weight is 271 g/mol. The van der Waals surface area contributed by atoms with Crippen LogP contribution in [0.15, 0.2) is 60.7 Å². The summed E-state index contributed by atoms with van der Waals surface area (Å²) < 4.78 is 6.51. The number of hydrogen-bond donors (Lipinski definition) is 1. The zero-order valence-corrected chi connectivity index (χ0v) is 12.2. The summed E-state index contributed by atoms with van der Waals surface area (Å²) in [6.45, 7) is 1.40. The van der Waals surface area contributed by atoms with E-state index in [-0.39, 0.29) is 6.10 Å². The molecule has 2 rings (SSSR count). The Kier molecular flexibility index (Phi) is 4.90. The summed E-state index contributed by atoms with van der Waals surface area (Å²) >= 11 is 0. The zero-order chi connectivity index (χ0) is 14.4. The van der Waals surface area contributed by atoms with Crippen LogP contribution in [-0.4, -0.2) is 31.8 Å². The van der Waals surface area contributed by atoms with Crippen molar-refractivity contribution in [3.05, 3.63) is 71.8 Å². The van der Waals surface area contributed by atoms with Gasteiger partial charge in [-0.1, -0.05) is 60.7 Å². The number of nitrogens with zero attached hydrogens (tertiary/aromatic N) is 1. The molecule has 0 atom stereocenters. The van der Waals surface area contributed by atoms with E-state index in [9.17, 15) is 0 Å². The minimum atomic E-state index is -0.0380. The van der Waals surface area contributed by atoms with E-state index < -0.39 is 0 Å². The maximum absolute atomic E-state index is 6.09. The van der Waals surface area contributed by atoms with Gasteiger partial charge in [-0.15, -0.1) is 0 Å². The summed E-state index contributed by atoms with van der Waals surface area (Å²) in [5.41, 5.74) is 2.34. The van der Waals surface area contributed by atoms with Crippen LogP contribution < -0.4 is 5.84 Å². The Morgan fingerprint density at radius 3 is 1.75 bits per heavy atom. The van der Waals surface area contributed by atoms with E-state index in [2.05, 4.69) is 24.3 Å². The molecule has 0 aromatic heterocycles. The van der Waals surface area contributed by atoms with Crippen molar-refractivity contribution in [2.24, 2.45) is 5.84 Å². The first kappa shape index (κ1) is 14.7. The van der Waals surface area contributed by atoms with Gasteiger partial charge in [-0.3, -0.25) is 4.59 Å². The lowest BCUT2D eigenvalue weighted by molar-refractivity contribution is -0.902. The Hall–Kier alpha value is -1.68. The van der Waals surface area contributed by atoms with Crippen molar-refractivity contribution in [3.63, 3.8) is 0 Å². The highest BCUT2D eigenvalue weighted by molar-refractivity contribution is 5.29. The van der Waals surface area contributed by atoms with E-state index in [1.54, 1.807) is 0 Å². The van der Waals surface area contributed by atoms with Crippen LogP contribution in [0, 0.1) is 0 Å². The van der Waals surface area contributed by atoms with Gasteiger partial charge in [0.05, 0.1) is 20.7 Å². The second-order valence-corrected chi connectivity index (χ2v) is 5.57. The Morgan fingerprint density at radius 1 is 0.900 bits per heavy atom. The van der Waals surface area contributed by atoms with Crippen molar-refractivity contribution in [3.8, 4) is 0 Å². The lowest BCUT2D eigenvalue weighted by atomic mass is 10.0. The molecule has 0 saturated heterocycles. The van der Waals surface area contributed by atoms with E-state index >= 15 is 0 Å². The predicted octanol–water partition coefficient (Wildman–Crippen LogP) is 2.74. The van der Waals surface area contributed by atoms with Crippen LogP contribution in [0.25, 0.3) is 0 Å². The summed E-state index contributed by atoms with van der Waals surface area (Å²) in [5.74, 6) is 5.96. The number of rotatable bonds is 6. The van der Waals surface area contributed by atoms with Crippen molar-refractivity contribution in [2.75, 3.05) is 27.2 Å². The molecule has 20 heavy (non-hydrogen) atoms. The van der Waals surface area contributed by atoms with Crippen LogP contribution in [0.4, 0.5) is 0 Å². The summed E-state index contributed by atoms with van der Waals surface area (Å²) in [6, 6.07) is 20.6. The fourth-order valence-electron chi connectivity index (χ4n) is 2.05. The monoisotopic (exact) mass is 271 g/mol. The highest BCUT2D eigenvalue weighted by Crippen LogP contribution is 2.25. The molecular formula is C17H23N2O+. The summed E-state index contributed by atoms with van der Waals surface area (Å²) in [7, 11) is 3.92. The number of hydrogen-bond acceptors (Lipinski definition) is 2. The Bertz CT molecular complexity index is 466. The Labute approximate surface area is 121 Å². The second-order valence-electron chi connectivity index (χ2n) is 5.57. The number of quaternary nitrogens is 1. The van der Waals surface area contributed by atoms with Crippen LogP contribution >= 0.6 is 0 Å². The van der Waals surface area contributed by atoms with Gasteiger partial charge in [0.2, 0.25) is 0 Å². The maximum atomic E-state index is 6.09. The lowest BCUT2D eigenvalue weighted by Crippen LogP contribution is -2.48. The molecule has 0 aliphatic heterocycles. The van der Waals surface area contributed by atoms with Crippen molar-refractivity contribution >= 4 is 0 Å². The van der Waals surface area contributed by atoms with Crippen molar-refractivity contribution < 1.29 is 9.33 Å². The highest BCUT2D eigenvalue weighted by atomic mass is 16.5. The van der Waals surface area contributed by atoms with Gasteiger partial charge in [0, 0.05) is 0 Å². The molecule has 0 saturated carbocycles. The first-order valence-electron chi connectivity index (χ1n) is 6.89. The summed E-state index contributed by atoms with van der Waals surface area (Å²) in [4.78, 5) is 0. The van der Waals surface area contributed by atoms with Gasteiger partial charge in [0.1, 0.15) is 12.6 Å². The smallest absolute Gasteiger partial charge is 0.119 e. The van der Waals surface area contributed by atoms with Crippen LogP contribution in [0.5, 0.6) is 0 Å². The molecule has 0 unspecified atom stereocenters. The molecule has 0 heterocycles.